The maximum atomic E-state index is 12.1. The largest absolute Gasteiger partial charge is 0.508 e. The summed E-state index contributed by atoms with van der Waals surface area (Å²) in [6, 6.07) is 13.2. The van der Waals surface area contributed by atoms with Crippen molar-refractivity contribution in [3.63, 3.8) is 0 Å². The zero-order valence-corrected chi connectivity index (χ0v) is 13.9. The van der Waals surface area contributed by atoms with Gasteiger partial charge in [0, 0.05) is 5.69 Å². The lowest BCUT2D eigenvalue weighted by Gasteiger charge is -2.14. The number of hydrogen-bond acceptors (Lipinski definition) is 4. The van der Waals surface area contributed by atoms with Gasteiger partial charge < -0.3 is 15.2 Å². The van der Waals surface area contributed by atoms with Crippen LogP contribution in [0.25, 0.3) is 0 Å². The molecule has 0 aliphatic heterocycles. The number of esters is 1. The highest BCUT2D eigenvalue weighted by Gasteiger charge is 2.19. The van der Waals surface area contributed by atoms with Gasteiger partial charge >= 0.3 is 5.97 Å². The third kappa shape index (κ3) is 4.59. The predicted molar refractivity (Wildman–Crippen MR) is 92.1 cm³/mol. The van der Waals surface area contributed by atoms with Crippen molar-refractivity contribution >= 4 is 17.6 Å². The average molecular weight is 327 g/mol. The molecule has 126 valence electrons. The maximum absolute atomic E-state index is 12.1. The van der Waals surface area contributed by atoms with E-state index in [1.54, 1.807) is 0 Å². The smallest absolute Gasteiger partial charge is 0.338 e. The minimum absolute atomic E-state index is 0.0576. The highest BCUT2D eigenvalue weighted by Crippen LogP contribution is 2.17. The number of benzene rings is 2. The molecule has 2 N–H and O–H groups in total. The number of rotatable bonds is 5. The van der Waals surface area contributed by atoms with Crippen LogP contribution in [0.15, 0.2) is 48.5 Å². The van der Waals surface area contributed by atoms with Gasteiger partial charge in [0.25, 0.3) is 5.91 Å². The fraction of sp³-hybridized carbons (Fsp3) is 0.263. The van der Waals surface area contributed by atoms with Gasteiger partial charge in [-0.25, -0.2) is 4.79 Å². The number of ether oxygens (including phenoxy) is 1. The first kappa shape index (κ1) is 17.5. The molecule has 0 aromatic heterocycles. The summed E-state index contributed by atoms with van der Waals surface area (Å²) in [6.45, 7) is 5.70. The minimum Gasteiger partial charge on any atom is -0.508 e. The molecule has 5 heteroatoms. The van der Waals surface area contributed by atoms with Crippen LogP contribution in [0.4, 0.5) is 5.69 Å². The van der Waals surface area contributed by atoms with E-state index in [2.05, 4.69) is 19.2 Å². The molecule has 0 saturated carbocycles. The van der Waals surface area contributed by atoms with Crippen molar-refractivity contribution in [3.05, 3.63) is 59.7 Å². The number of aromatic hydroxyl groups is 1. The Labute approximate surface area is 141 Å². The summed E-state index contributed by atoms with van der Waals surface area (Å²) >= 11 is 0. The Kier molecular flexibility index (Phi) is 5.58. The van der Waals surface area contributed by atoms with Crippen LogP contribution in [-0.2, 0) is 9.53 Å². The normalized spacial score (nSPS) is 11.8. The summed E-state index contributed by atoms with van der Waals surface area (Å²) in [5.41, 5.74) is 2.10. The van der Waals surface area contributed by atoms with Crippen LogP contribution >= 0.6 is 0 Å². The van der Waals surface area contributed by atoms with Crippen LogP contribution in [0.1, 0.15) is 42.6 Å². The van der Waals surface area contributed by atoms with Gasteiger partial charge in [0.05, 0.1) is 5.56 Å². The fourth-order valence-electron chi connectivity index (χ4n) is 2.07. The first-order valence-electron chi connectivity index (χ1n) is 7.77. The summed E-state index contributed by atoms with van der Waals surface area (Å²) < 4.78 is 5.14. The molecule has 24 heavy (non-hydrogen) atoms. The molecule has 0 bridgehead atoms. The molecule has 0 spiro atoms. The molecular formula is C19H21NO4. The van der Waals surface area contributed by atoms with Crippen molar-refractivity contribution in [2.24, 2.45) is 0 Å². The molecule has 0 saturated heterocycles. The van der Waals surface area contributed by atoms with Gasteiger partial charge in [0.2, 0.25) is 0 Å². The van der Waals surface area contributed by atoms with E-state index in [0.717, 1.165) is 0 Å². The molecule has 1 atom stereocenters. The number of phenols is 1. The van der Waals surface area contributed by atoms with Crippen LogP contribution in [0, 0.1) is 0 Å². The molecule has 2 aromatic rings. The molecule has 2 rings (SSSR count). The lowest BCUT2D eigenvalue weighted by Crippen LogP contribution is -2.30. The summed E-state index contributed by atoms with van der Waals surface area (Å²) in [7, 11) is 0. The van der Waals surface area contributed by atoms with E-state index in [0.29, 0.717) is 11.6 Å². The third-order valence-corrected chi connectivity index (χ3v) is 3.60. The zero-order valence-electron chi connectivity index (χ0n) is 13.9. The van der Waals surface area contributed by atoms with E-state index in [1.165, 1.54) is 36.8 Å². The average Bonchev–Trinajstić information content (AvgIpc) is 2.55. The van der Waals surface area contributed by atoms with E-state index in [9.17, 15) is 14.7 Å². The lowest BCUT2D eigenvalue weighted by atomic mass is 10.0. The van der Waals surface area contributed by atoms with Crippen LogP contribution < -0.4 is 5.32 Å². The highest BCUT2D eigenvalue weighted by atomic mass is 16.5. The van der Waals surface area contributed by atoms with E-state index in [1.807, 2.05) is 24.3 Å². The first-order valence-corrected chi connectivity index (χ1v) is 7.77. The molecule has 1 amide bonds. The third-order valence-electron chi connectivity index (χ3n) is 3.60. The Morgan fingerprint density at radius 3 is 2.08 bits per heavy atom. The summed E-state index contributed by atoms with van der Waals surface area (Å²) in [5.74, 6) is -0.547. The van der Waals surface area contributed by atoms with Gasteiger partial charge in [-0.2, -0.15) is 0 Å². The number of carbonyl (C=O) groups is 2. The van der Waals surface area contributed by atoms with Gasteiger partial charge in [-0.3, -0.25) is 4.79 Å². The molecule has 2 aromatic carbocycles. The quantitative estimate of drug-likeness (QED) is 0.821. The number of anilines is 1. The van der Waals surface area contributed by atoms with Crippen LogP contribution in [0.5, 0.6) is 5.75 Å². The predicted octanol–water partition coefficient (Wildman–Crippen LogP) is 3.70. The van der Waals surface area contributed by atoms with Crippen LogP contribution in [0.2, 0.25) is 0 Å². The SMILES string of the molecule is CC(C)c1ccc(NC(=O)[C@H](C)OC(=O)c2ccc(O)cc2)cc1. The van der Waals surface area contributed by atoms with E-state index in [-0.39, 0.29) is 11.3 Å². The molecule has 0 unspecified atom stereocenters. The second kappa shape index (κ2) is 7.64. The van der Waals surface area contributed by atoms with Crippen molar-refractivity contribution < 1.29 is 19.4 Å². The van der Waals surface area contributed by atoms with Gasteiger partial charge in [0.15, 0.2) is 6.10 Å². The van der Waals surface area contributed by atoms with Gasteiger partial charge in [-0.05, 0) is 54.8 Å². The van der Waals surface area contributed by atoms with Crippen molar-refractivity contribution in [2.45, 2.75) is 32.8 Å². The van der Waals surface area contributed by atoms with Gasteiger partial charge in [0.1, 0.15) is 5.75 Å². The summed E-state index contributed by atoms with van der Waals surface area (Å²) in [5, 5.41) is 11.9. The van der Waals surface area contributed by atoms with E-state index < -0.39 is 18.0 Å². The van der Waals surface area contributed by atoms with Crippen molar-refractivity contribution in [3.8, 4) is 5.75 Å². The highest BCUT2D eigenvalue weighted by molar-refractivity contribution is 5.97. The molecule has 5 nitrogen and oxygen atoms in total. The summed E-state index contributed by atoms with van der Waals surface area (Å²) in [4.78, 5) is 24.1. The van der Waals surface area contributed by atoms with Crippen molar-refractivity contribution in [1.29, 1.82) is 0 Å². The first-order chi connectivity index (χ1) is 11.4. The Balaban J connectivity index is 1.94. The van der Waals surface area contributed by atoms with Gasteiger partial charge in [-0.15, -0.1) is 0 Å². The number of phenolic OH excluding ortho intramolecular Hbond substituents is 1. The number of hydrogen-bond donors (Lipinski definition) is 2. The van der Waals surface area contributed by atoms with E-state index in [4.69, 9.17) is 4.74 Å². The number of amides is 1. The number of carbonyl (C=O) groups excluding carboxylic acids is 2. The molecule has 0 aliphatic rings. The standard InChI is InChI=1S/C19H21NO4/c1-12(2)14-4-8-16(9-5-14)20-18(22)13(3)24-19(23)15-6-10-17(21)11-7-15/h4-13,21H,1-3H3,(H,20,22)/t13-/m0/s1. The fourth-order valence-corrected chi connectivity index (χ4v) is 2.07. The Hall–Kier alpha value is -2.82. The van der Waals surface area contributed by atoms with Gasteiger partial charge in [-0.1, -0.05) is 26.0 Å². The topological polar surface area (TPSA) is 75.6 Å². The molecular weight excluding hydrogens is 306 g/mol. The second-order valence-corrected chi connectivity index (χ2v) is 5.86. The maximum Gasteiger partial charge on any atom is 0.338 e. The molecule has 0 aliphatic carbocycles. The summed E-state index contributed by atoms with van der Waals surface area (Å²) in [6.07, 6.45) is -0.934. The van der Waals surface area contributed by atoms with E-state index >= 15 is 0 Å². The second-order valence-electron chi connectivity index (χ2n) is 5.86. The minimum atomic E-state index is -0.934. The lowest BCUT2D eigenvalue weighted by molar-refractivity contribution is -0.123. The molecule has 0 fully saturated rings. The Morgan fingerprint density at radius 1 is 0.958 bits per heavy atom. The number of nitrogens with one attached hydrogen (secondary N) is 1. The Bertz CT molecular complexity index is 705. The van der Waals surface area contributed by atoms with Crippen LogP contribution in [0.3, 0.4) is 0 Å². The zero-order chi connectivity index (χ0) is 17.7. The molecule has 0 heterocycles. The monoisotopic (exact) mass is 327 g/mol. The Morgan fingerprint density at radius 2 is 1.54 bits per heavy atom. The van der Waals surface area contributed by atoms with Crippen molar-refractivity contribution in [1.82, 2.24) is 0 Å². The van der Waals surface area contributed by atoms with Crippen molar-refractivity contribution in [2.75, 3.05) is 5.32 Å². The molecule has 0 radical (unpaired) electrons. The van der Waals surface area contributed by atoms with Crippen LogP contribution in [-0.4, -0.2) is 23.1 Å².